The van der Waals surface area contributed by atoms with Gasteiger partial charge in [-0.2, -0.15) is 0 Å². The molecule has 3 N–H and O–H groups in total. The Hall–Kier alpha value is -2.70. The van der Waals surface area contributed by atoms with E-state index in [4.69, 9.17) is 5.73 Å². The fourth-order valence-corrected chi connectivity index (χ4v) is 1.89. The molecule has 0 aliphatic heterocycles. The lowest BCUT2D eigenvalue weighted by molar-refractivity contribution is -0.383. The van der Waals surface area contributed by atoms with E-state index in [1.807, 2.05) is 0 Å². The number of benzene rings is 1. The van der Waals surface area contributed by atoms with Crippen molar-refractivity contribution in [3.05, 3.63) is 40.7 Å². The molecule has 0 radical (unpaired) electrons. The van der Waals surface area contributed by atoms with Gasteiger partial charge in [0.05, 0.1) is 15.7 Å². The Morgan fingerprint density at radius 2 is 2.10 bits per heavy atom. The quantitative estimate of drug-likeness (QED) is 0.646. The van der Waals surface area contributed by atoms with E-state index in [9.17, 15) is 14.9 Å². The second-order valence-electron chi connectivity index (χ2n) is 5.41. The van der Waals surface area contributed by atoms with Crippen molar-refractivity contribution in [3.8, 4) is 0 Å². The summed E-state index contributed by atoms with van der Waals surface area (Å²) in [6.45, 7) is 3.80. The van der Waals surface area contributed by atoms with Gasteiger partial charge in [-0.1, -0.05) is 0 Å². The summed E-state index contributed by atoms with van der Waals surface area (Å²) >= 11 is 0. The zero-order valence-corrected chi connectivity index (χ0v) is 11.8. The van der Waals surface area contributed by atoms with E-state index < -0.39 is 16.2 Å². The highest BCUT2D eigenvalue weighted by Crippen LogP contribution is 2.31. The number of non-ortho nitro benzene ring substituents is 1. The average Bonchev–Trinajstić information content (AvgIpc) is 2.44. The second-order valence-corrected chi connectivity index (χ2v) is 5.41. The number of nitrogens with one attached hydrogen (secondary N) is 1. The van der Waals surface area contributed by atoms with Crippen LogP contribution in [0, 0.1) is 15.5 Å². The number of anilines is 1. The fraction of sp³-hybridized carbons (Fsp3) is 0.286. The molecule has 7 heteroatoms. The van der Waals surface area contributed by atoms with Gasteiger partial charge in [0.25, 0.3) is 5.69 Å². The second kappa shape index (κ2) is 5.35. The number of amides is 1. The number of rotatable bonds is 5. The third-order valence-corrected chi connectivity index (χ3v) is 3.38. The van der Waals surface area contributed by atoms with Crippen LogP contribution in [-0.2, 0) is 4.79 Å². The van der Waals surface area contributed by atoms with Crippen molar-refractivity contribution in [1.29, 1.82) is 0 Å². The number of hydrogen-bond donors (Lipinski definition) is 2. The molecule has 0 fully saturated rings. The molecule has 0 aliphatic carbocycles. The summed E-state index contributed by atoms with van der Waals surface area (Å²) in [7, 11) is 0. The number of hydrogen-bond acceptors (Lipinski definition) is 5. The van der Waals surface area contributed by atoms with Crippen molar-refractivity contribution in [3.63, 3.8) is 0 Å². The van der Waals surface area contributed by atoms with Crippen LogP contribution in [0.2, 0.25) is 0 Å². The highest BCUT2D eigenvalue weighted by atomic mass is 16.6. The maximum absolute atomic E-state index is 11.3. The fourth-order valence-electron chi connectivity index (χ4n) is 1.89. The van der Waals surface area contributed by atoms with Crippen LogP contribution in [-0.4, -0.2) is 22.4 Å². The molecule has 0 unspecified atom stereocenters. The van der Waals surface area contributed by atoms with Gasteiger partial charge >= 0.3 is 0 Å². The van der Waals surface area contributed by atoms with Gasteiger partial charge in [0, 0.05) is 36.1 Å². The number of primary amides is 1. The molecular weight excluding hydrogens is 272 g/mol. The summed E-state index contributed by atoms with van der Waals surface area (Å²) in [5.74, 6) is -0.414. The first kappa shape index (κ1) is 14.7. The molecule has 0 spiro atoms. The third-order valence-electron chi connectivity index (χ3n) is 3.38. The monoisotopic (exact) mass is 288 g/mol. The topological polar surface area (TPSA) is 111 Å². The van der Waals surface area contributed by atoms with Crippen molar-refractivity contribution in [2.45, 2.75) is 13.8 Å². The lowest BCUT2D eigenvalue weighted by Crippen LogP contribution is -2.37. The van der Waals surface area contributed by atoms with Crippen molar-refractivity contribution < 1.29 is 9.72 Å². The van der Waals surface area contributed by atoms with Crippen LogP contribution in [0.15, 0.2) is 30.6 Å². The number of carbonyl (C=O) groups is 1. The van der Waals surface area contributed by atoms with Crippen molar-refractivity contribution in [2.75, 3.05) is 11.9 Å². The zero-order chi connectivity index (χ0) is 15.6. The summed E-state index contributed by atoms with van der Waals surface area (Å²) in [5.41, 5.74) is 5.31. The summed E-state index contributed by atoms with van der Waals surface area (Å²) in [5, 5.41) is 15.3. The summed E-state index contributed by atoms with van der Waals surface area (Å²) in [6.07, 6.45) is 3.02. The van der Waals surface area contributed by atoms with Crippen LogP contribution < -0.4 is 11.1 Å². The van der Waals surface area contributed by atoms with E-state index in [1.165, 1.54) is 12.3 Å². The van der Waals surface area contributed by atoms with Crippen molar-refractivity contribution >= 4 is 28.1 Å². The molecule has 110 valence electrons. The predicted octanol–water partition coefficient (Wildman–Crippen LogP) is 2.07. The normalized spacial score (nSPS) is 11.3. The predicted molar refractivity (Wildman–Crippen MR) is 79.9 cm³/mol. The number of nitrogens with two attached hydrogens (primary N) is 1. The number of carbonyl (C=O) groups excluding carboxylic acids is 1. The number of nitro groups is 1. The molecule has 0 saturated heterocycles. The van der Waals surface area contributed by atoms with Gasteiger partial charge in [-0.3, -0.25) is 19.9 Å². The summed E-state index contributed by atoms with van der Waals surface area (Å²) in [6, 6.07) is 4.74. The molecule has 1 amide bonds. The molecule has 1 aromatic heterocycles. The van der Waals surface area contributed by atoms with Gasteiger partial charge in [-0.05, 0) is 26.0 Å². The van der Waals surface area contributed by atoms with Crippen LogP contribution in [0.4, 0.5) is 11.4 Å². The Balaban J connectivity index is 2.40. The number of fused-ring (bicyclic) bond motifs is 1. The number of nitro benzene ring substituents is 1. The Labute approximate surface area is 121 Å². The van der Waals surface area contributed by atoms with E-state index in [2.05, 4.69) is 10.3 Å². The van der Waals surface area contributed by atoms with Crippen LogP contribution >= 0.6 is 0 Å². The van der Waals surface area contributed by atoms with Gasteiger partial charge in [0.15, 0.2) is 0 Å². The van der Waals surface area contributed by atoms with E-state index >= 15 is 0 Å². The van der Waals surface area contributed by atoms with Crippen LogP contribution in [0.1, 0.15) is 13.8 Å². The molecule has 0 aliphatic rings. The Morgan fingerprint density at radius 1 is 1.38 bits per heavy atom. The van der Waals surface area contributed by atoms with E-state index in [0.717, 1.165) is 0 Å². The van der Waals surface area contributed by atoms with Gasteiger partial charge in [0.2, 0.25) is 5.91 Å². The standard InChI is InChI=1S/C14H16N4O3/c1-14(2,13(15)19)8-17-11-3-4-12(18(20)21)10-7-16-6-5-9(10)11/h3-7,17H,8H2,1-2H3,(H2,15,19). The third kappa shape index (κ3) is 2.91. The van der Waals surface area contributed by atoms with Gasteiger partial charge in [-0.15, -0.1) is 0 Å². The Bertz CT molecular complexity index is 712. The largest absolute Gasteiger partial charge is 0.383 e. The first-order valence-corrected chi connectivity index (χ1v) is 6.38. The number of aromatic nitrogens is 1. The molecular formula is C14H16N4O3. The van der Waals surface area contributed by atoms with Crippen LogP contribution in [0.3, 0.4) is 0 Å². The highest BCUT2D eigenvalue weighted by molar-refractivity contribution is 5.99. The lowest BCUT2D eigenvalue weighted by atomic mass is 9.92. The molecule has 0 atom stereocenters. The molecule has 2 rings (SSSR count). The maximum Gasteiger partial charge on any atom is 0.278 e. The maximum atomic E-state index is 11.3. The van der Waals surface area contributed by atoms with E-state index in [1.54, 1.807) is 32.2 Å². The number of pyridine rings is 1. The first-order chi connectivity index (χ1) is 9.83. The molecule has 21 heavy (non-hydrogen) atoms. The summed E-state index contributed by atoms with van der Waals surface area (Å²) in [4.78, 5) is 25.8. The molecule has 0 bridgehead atoms. The molecule has 1 aromatic carbocycles. The van der Waals surface area contributed by atoms with Gasteiger partial charge < -0.3 is 11.1 Å². The average molecular weight is 288 g/mol. The van der Waals surface area contributed by atoms with Crippen LogP contribution in [0.5, 0.6) is 0 Å². The minimum atomic E-state index is -0.721. The SMILES string of the molecule is CC(C)(CNc1ccc([N+](=O)[O-])c2cnccc12)C(N)=O. The minimum absolute atomic E-state index is 0.00203. The van der Waals surface area contributed by atoms with Crippen molar-refractivity contribution in [1.82, 2.24) is 4.98 Å². The smallest absolute Gasteiger partial charge is 0.278 e. The van der Waals surface area contributed by atoms with Gasteiger partial charge in [-0.25, -0.2) is 0 Å². The lowest BCUT2D eigenvalue weighted by Gasteiger charge is -2.22. The minimum Gasteiger partial charge on any atom is -0.383 e. The summed E-state index contributed by atoms with van der Waals surface area (Å²) < 4.78 is 0. The zero-order valence-electron chi connectivity index (χ0n) is 11.8. The first-order valence-electron chi connectivity index (χ1n) is 6.38. The molecule has 2 aromatic rings. The number of nitrogens with zero attached hydrogens (tertiary/aromatic N) is 2. The van der Waals surface area contributed by atoms with Crippen molar-refractivity contribution in [2.24, 2.45) is 11.1 Å². The molecule has 7 nitrogen and oxygen atoms in total. The molecule has 1 heterocycles. The highest BCUT2D eigenvalue weighted by Gasteiger charge is 2.25. The Kier molecular flexibility index (Phi) is 3.75. The van der Waals surface area contributed by atoms with Gasteiger partial charge in [0.1, 0.15) is 0 Å². The molecule has 0 saturated carbocycles. The Morgan fingerprint density at radius 3 is 2.71 bits per heavy atom. The van der Waals surface area contributed by atoms with Crippen LogP contribution in [0.25, 0.3) is 10.8 Å². The van der Waals surface area contributed by atoms with E-state index in [-0.39, 0.29) is 5.69 Å². The van der Waals surface area contributed by atoms with E-state index in [0.29, 0.717) is 23.0 Å².